The van der Waals surface area contributed by atoms with E-state index >= 15 is 0 Å². The van der Waals surface area contributed by atoms with Gasteiger partial charge in [0.25, 0.3) is 5.91 Å². The molecule has 0 radical (unpaired) electrons. The minimum absolute atomic E-state index is 0.00495. The highest BCUT2D eigenvalue weighted by Crippen LogP contribution is 2.30. The van der Waals surface area contributed by atoms with E-state index in [2.05, 4.69) is 0 Å². The lowest BCUT2D eigenvalue weighted by molar-refractivity contribution is -0.123. The summed E-state index contributed by atoms with van der Waals surface area (Å²) in [5.41, 5.74) is 2.73. The van der Waals surface area contributed by atoms with Crippen LogP contribution in [0.25, 0.3) is 0 Å². The fourth-order valence-electron chi connectivity index (χ4n) is 1.63. The van der Waals surface area contributed by atoms with Gasteiger partial charge in [-0.05, 0) is 24.1 Å². The summed E-state index contributed by atoms with van der Waals surface area (Å²) in [6.45, 7) is 1.54. The van der Waals surface area contributed by atoms with Gasteiger partial charge >= 0.3 is 6.09 Å². The average molecular weight is 269 g/mol. The summed E-state index contributed by atoms with van der Waals surface area (Å²) in [6.07, 6.45) is -1.37. The lowest BCUT2D eigenvalue weighted by atomic mass is 9.99. The summed E-state index contributed by atoms with van der Waals surface area (Å²) >= 11 is 0. The van der Waals surface area contributed by atoms with Gasteiger partial charge in [0.2, 0.25) is 0 Å². The molecule has 1 unspecified atom stereocenters. The standard InChI is InChI=1S/C11H15N3O5/c1-5-6(2-3-8(15)9(5)16)4-7(10(17)14-12)13-11(18)19/h2-3,7,13,15-16H,4,12H2,1H3,(H,14,17)(H,18,19). The molecule has 104 valence electrons. The number of hydrazine groups is 1. The highest BCUT2D eigenvalue weighted by molar-refractivity contribution is 5.85. The van der Waals surface area contributed by atoms with Gasteiger partial charge in [0.1, 0.15) is 6.04 Å². The number of rotatable bonds is 4. The van der Waals surface area contributed by atoms with Crippen LogP contribution in [0.4, 0.5) is 4.79 Å². The van der Waals surface area contributed by atoms with Crippen molar-refractivity contribution in [2.45, 2.75) is 19.4 Å². The number of benzene rings is 1. The second kappa shape index (κ2) is 5.91. The topological polar surface area (TPSA) is 145 Å². The molecule has 7 N–H and O–H groups in total. The van der Waals surface area contributed by atoms with Crippen LogP contribution in [0.1, 0.15) is 11.1 Å². The zero-order chi connectivity index (χ0) is 14.6. The van der Waals surface area contributed by atoms with Crippen molar-refractivity contribution in [3.63, 3.8) is 0 Å². The van der Waals surface area contributed by atoms with Gasteiger partial charge in [0.05, 0.1) is 0 Å². The highest BCUT2D eigenvalue weighted by Gasteiger charge is 2.22. The molecular weight excluding hydrogens is 254 g/mol. The van der Waals surface area contributed by atoms with E-state index in [0.29, 0.717) is 11.1 Å². The summed E-state index contributed by atoms with van der Waals surface area (Å²) < 4.78 is 0. The largest absolute Gasteiger partial charge is 0.504 e. The number of phenols is 2. The van der Waals surface area contributed by atoms with Gasteiger partial charge in [-0.2, -0.15) is 0 Å². The second-order valence-electron chi connectivity index (χ2n) is 3.93. The first-order chi connectivity index (χ1) is 8.86. The average Bonchev–Trinajstić information content (AvgIpc) is 2.37. The number of carboxylic acid groups (broad SMARTS) is 1. The van der Waals surface area contributed by atoms with Crippen LogP contribution >= 0.6 is 0 Å². The van der Waals surface area contributed by atoms with Gasteiger partial charge in [-0.25, -0.2) is 10.6 Å². The van der Waals surface area contributed by atoms with Crippen LogP contribution < -0.4 is 16.6 Å². The molecule has 2 amide bonds. The maximum atomic E-state index is 11.4. The van der Waals surface area contributed by atoms with Crippen molar-refractivity contribution < 1.29 is 24.9 Å². The highest BCUT2D eigenvalue weighted by atomic mass is 16.4. The van der Waals surface area contributed by atoms with Gasteiger partial charge in [-0.15, -0.1) is 0 Å². The molecule has 0 aliphatic heterocycles. The third-order valence-corrected chi connectivity index (χ3v) is 2.70. The van der Waals surface area contributed by atoms with Crippen molar-refractivity contribution in [3.8, 4) is 11.5 Å². The minimum Gasteiger partial charge on any atom is -0.504 e. The van der Waals surface area contributed by atoms with E-state index in [1.807, 2.05) is 10.7 Å². The van der Waals surface area contributed by atoms with E-state index in [4.69, 9.17) is 10.9 Å². The summed E-state index contributed by atoms with van der Waals surface area (Å²) in [5.74, 6) is 3.68. The number of carbonyl (C=O) groups excluding carboxylic acids is 1. The summed E-state index contributed by atoms with van der Waals surface area (Å²) in [6, 6.07) is 1.66. The van der Waals surface area contributed by atoms with Crippen molar-refractivity contribution in [3.05, 3.63) is 23.3 Å². The van der Waals surface area contributed by atoms with Crippen LogP contribution in [-0.4, -0.2) is 33.4 Å². The van der Waals surface area contributed by atoms with Gasteiger partial charge in [-0.1, -0.05) is 6.07 Å². The summed E-state index contributed by atoms with van der Waals surface area (Å²) in [4.78, 5) is 22.0. The molecule has 0 saturated carbocycles. The third-order valence-electron chi connectivity index (χ3n) is 2.70. The van der Waals surface area contributed by atoms with Gasteiger partial charge < -0.3 is 20.6 Å². The number of nitrogens with one attached hydrogen (secondary N) is 2. The van der Waals surface area contributed by atoms with E-state index in [0.717, 1.165) is 0 Å². The van der Waals surface area contributed by atoms with Gasteiger partial charge in [0.15, 0.2) is 11.5 Å². The Kier molecular flexibility index (Phi) is 4.54. The Morgan fingerprint density at radius 3 is 2.53 bits per heavy atom. The predicted octanol–water partition coefficient (Wildman–Crippen LogP) is -0.425. The molecule has 1 rings (SSSR count). The van der Waals surface area contributed by atoms with Crippen molar-refractivity contribution in [2.24, 2.45) is 5.84 Å². The first-order valence-electron chi connectivity index (χ1n) is 5.37. The summed E-state index contributed by atoms with van der Waals surface area (Å²) in [7, 11) is 0. The normalized spacial score (nSPS) is 11.7. The zero-order valence-electron chi connectivity index (χ0n) is 10.2. The number of nitrogens with two attached hydrogens (primary N) is 1. The SMILES string of the molecule is Cc1c(CC(NC(=O)O)C(=O)NN)ccc(O)c1O. The molecule has 0 aromatic heterocycles. The fraction of sp³-hybridized carbons (Fsp3) is 0.273. The first kappa shape index (κ1) is 14.6. The molecule has 0 heterocycles. The van der Waals surface area contributed by atoms with Crippen molar-refractivity contribution in [1.29, 1.82) is 0 Å². The maximum Gasteiger partial charge on any atom is 0.405 e. The number of carbonyl (C=O) groups is 2. The lowest BCUT2D eigenvalue weighted by Crippen LogP contribution is -2.49. The number of phenolic OH excluding ortho intramolecular Hbond substituents is 2. The first-order valence-corrected chi connectivity index (χ1v) is 5.37. The zero-order valence-corrected chi connectivity index (χ0v) is 10.2. The quantitative estimate of drug-likeness (QED) is 0.189. The van der Waals surface area contributed by atoms with Crippen LogP contribution in [0.2, 0.25) is 0 Å². The van der Waals surface area contributed by atoms with E-state index in [-0.39, 0.29) is 17.9 Å². The molecule has 0 bridgehead atoms. The fourth-order valence-corrected chi connectivity index (χ4v) is 1.63. The Hall–Kier alpha value is -2.48. The van der Waals surface area contributed by atoms with Crippen LogP contribution in [0, 0.1) is 6.92 Å². The molecule has 8 nitrogen and oxygen atoms in total. The lowest BCUT2D eigenvalue weighted by Gasteiger charge is -2.17. The predicted molar refractivity (Wildman–Crippen MR) is 65.5 cm³/mol. The molecule has 1 atom stereocenters. The molecule has 0 aliphatic rings. The van der Waals surface area contributed by atoms with Crippen LogP contribution in [0.3, 0.4) is 0 Å². The van der Waals surface area contributed by atoms with E-state index in [1.165, 1.54) is 12.1 Å². The molecule has 19 heavy (non-hydrogen) atoms. The molecule has 1 aromatic carbocycles. The van der Waals surface area contributed by atoms with Crippen molar-refractivity contribution >= 4 is 12.0 Å². The van der Waals surface area contributed by atoms with Crippen LogP contribution in [-0.2, 0) is 11.2 Å². The van der Waals surface area contributed by atoms with Crippen molar-refractivity contribution in [2.75, 3.05) is 0 Å². The number of amides is 2. The Bertz CT molecular complexity index is 503. The minimum atomic E-state index is -1.37. The maximum absolute atomic E-state index is 11.4. The number of aromatic hydroxyl groups is 2. The Balaban J connectivity index is 2.99. The Morgan fingerprint density at radius 1 is 1.37 bits per heavy atom. The third kappa shape index (κ3) is 3.49. The van der Waals surface area contributed by atoms with E-state index < -0.39 is 18.0 Å². The Labute approximate surface area is 108 Å². The number of hydrogen-bond donors (Lipinski definition) is 6. The number of hydrogen-bond acceptors (Lipinski definition) is 5. The molecule has 0 saturated heterocycles. The van der Waals surface area contributed by atoms with Crippen LogP contribution in [0.15, 0.2) is 12.1 Å². The molecule has 0 fully saturated rings. The van der Waals surface area contributed by atoms with Gasteiger partial charge in [-0.3, -0.25) is 10.2 Å². The van der Waals surface area contributed by atoms with Crippen molar-refractivity contribution in [1.82, 2.24) is 10.7 Å². The monoisotopic (exact) mass is 269 g/mol. The van der Waals surface area contributed by atoms with E-state index in [9.17, 15) is 19.8 Å². The molecule has 0 spiro atoms. The molecule has 0 aliphatic carbocycles. The molecular formula is C11H15N3O5. The van der Waals surface area contributed by atoms with Crippen LogP contribution in [0.5, 0.6) is 11.5 Å². The molecule has 1 aromatic rings. The smallest absolute Gasteiger partial charge is 0.405 e. The van der Waals surface area contributed by atoms with E-state index in [1.54, 1.807) is 6.92 Å². The summed E-state index contributed by atoms with van der Waals surface area (Å²) in [5, 5.41) is 29.5. The molecule has 8 heteroatoms. The second-order valence-corrected chi connectivity index (χ2v) is 3.93. The Morgan fingerprint density at radius 2 is 2.00 bits per heavy atom. The van der Waals surface area contributed by atoms with Gasteiger partial charge in [0, 0.05) is 6.42 Å².